The second-order valence-corrected chi connectivity index (χ2v) is 15.9. The van der Waals surface area contributed by atoms with Gasteiger partial charge in [-0.05, 0) is 77.0 Å². The fraction of sp³-hybridized carbons (Fsp3) is 0.760. The Labute approximate surface area is 346 Å². The van der Waals surface area contributed by atoms with Crippen LogP contribution in [0.2, 0.25) is 0 Å². The second-order valence-electron chi connectivity index (χ2n) is 15.9. The maximum atomic E-state index is 13.1. The van der Waals surface area contributed by atoms with Gasteiger partial charge in [-0.3, -0.25) is 9.59 Å². The van der Waals surface area contributed by atoms with Crippen molar-refractivity contribution >= 4 is 11.9 Å². The highest BCUT2D eigenvalue weighted by Gasteiger charge is 2.24. The van der Waals surface area contributed by atoms with E-state index in [0.717, 1.165) is 96.3 Å². The summed E-state index contributed by atoms with van der Waals surface area (Å²) in [6.07, 6.45) is 52.8. The van der Waals surface area contributed by atoms with Gasteiger partial charge in [-0.25, -0.2) is 0 Å². The number of carbonyl (C=O) groups is 2. The molecule has 0 bridgehead atoms. The maximum absolute atomic E-state index is 13.1. The molecule has 1 amide bonds. The van der Waals surface area contributed by atoms with E-state index in [2.05, 4.69) is 86.8 Å². The molecule has 0 heterocycles. The molecule has 56 heavy (non-hydrogen) atoms. The third-order valence-corrected chi connectivity index (χ3v) is 10.4. The quantitative estimate of drug-likeness (QED) is 0.0248. The molecule has 0 spiro atoms. The minimum atomic E-state index is -0.794. The molecule has 6 nitrogen and oxygen atoms in total. The van der Waals surface area contributed by atoms with Crippen LogP contribution in [-0.4, -0.2) is 46.9 Å². The van der Waals surface area contributed by atoms with Crippen molar-refractivity contribution in [2.75, 3.05) is 6.61 Å². The fourth-order valence-electron chi connectivity index (χ4n) is 6.79. The lowest BCUT2D eigenvalue weighted by Gasteiger charge is -2.24. The molecule has 0 aliphatic carbocycles. The standard InChI is InChI=1S/C50H89NO5/c1-4-7-10-13-16-19-21-22-23-24-25-26-27-28-31-34-37-40-43-50(55)56-46(41-38-35-32-30-20-17-14-11-8-5-2)44-49(54)51-47(45-52)48(53)42-39-36-33-29-18-15-12-9-6-3/h16-17,19-26,46-48,52-53H,4-15,18,27-45H2,1-3H3,(H,51,54)/b19-16+,20-17-,22-21+,24-23+,26-25+. The molecule has 0 aliphatic rings. The monoisotopic (exact) mass is 784 g/mol. The van der Waals surface area contributed by atoms with E-state index >= 15 is 0 Å². The summed E-state index contributed by atoms with van der Waals surface area (Å²) >= 11 is 0. The summed E-state index contributed by atoms with van der Waals surface area (Å²) in [5.74, 6) is -0.521. The predicted molar refractivity (Wildman–Crippen MR) is 241 cm³/mol. The van der Waals surface area contributed by atoms with E-state index in [-0.39, 0.29) is 24.9 Å². The number of carbonyl (C=O) groups excluding carboxylic acids is 2. The van der Waals surface area contributed by atoms with Crippen molar-refractivity contribution < 1.29 is 24.5 Å². The number of aliphatic hydroxyl groups excluding tert-OH is 2. The molecule has 3 N–H and O–H groups in total. The molecule has 0 rings (SSSR count). The van der Waals surface area contributed by atoms with Crippen LogP contribution in [-0.2, 0) is 14.3 Å². The lowest BCUT2D eigenvalue weighted by Crippen LogP contribution is -2.46. The second kappa shape index (κ2) is 43.7. The van der Waals surface area contributed by atoms with Gasteiger partial charge in [0.15, 0.2) is 0 Å². The van der Waals surface area contributed by atoms with Crippen LogP contribution in [0.3, 0.4) is 0 Å². The zero-order chi connectivity index (χ0) is 41.0. The van der Waals surface area contributed by atoms with Gasteiger partial charge in [-0.15, -0.1) is 0 Å². The van der Waals surface area contributed by atoms with Gasteiger partial charge in [0.1, 0.15) is 6.10 Å². The van der Waals surface area contributed by atoms with Crippen molar-refractivity contribution in [3.8, 4) is 0 Å². The largest absolute Gasteiger partial charge is 0.462 e. The van der Waals surface area contributed by atoms with Gasteiger partial charge in [-0.1, -0.05) is 191 Å². The minimum Gasteiger partial charge on any atom is -0.462 e. The zero-order valence-electron chi connectivity index (χ0n) is 36.8. The summed E-state index contributed by atoms with van der Waals surface area (Å²) in [7, 11) is 0. The molecule has 0 fully saturated rings. The topological polar surface area (TPSA) is 95.9 Å². The number of unbranched alkanes of at least 4 members (excludes halogenated alkanes) is 22. The molecule has 0 aromatic rings. The Bertz CT molecular complexity index is 1010. The third-order valence-electron chi connectivity index (χ3n) is 10.4. The molecular weight excluding hydrogens is 695 g/mol. The van der Waals surface area contributed by atoms with Crippen LogP contribution in [0.25, 0.3) is 0 Å². The molecule has 0 saturated heterocycles. The molecule has 0 aliphatic heterocycles. The first-order valence-electron chi connectivity index (χ1n) is 23.6. The first kappa shape index (κ1) is 53.6. The van der Waals surface area contributed by atoms with E-state index in [9.17, 15) is 19.8 Å². The van der Waals surface area contributed by atoms with E-state index in [1.807, 2.05) is 0 Å². The number of hydrogen-bond donors (Lipinski definition) is 3. The minimum absolute atomic E-state index is 0.0550. The first-order chi connectivity index (χ1) is 27.5. The highest BCUT2D eigenvalue weighted by Crippen LogP contribution is 2.17. The molecule has 3 unspecified atom stereocenters. The van der Waals surface area contributed by atoms with Crippen molar-refractivity contribution in [2.24, 2.45) is 0 Å². The summed E-state index contributed by atoms with van der Waals surface area (Å²) in [6.45, 7) is 6.37. The third kappa shape index (κ3) is 38.4. The molecule has 324 valence electrons. The number of amides is 1. The molecule has 0 aromatic heterocycles. The molecule has 0 saturated carbocycles. The summed E-state index contributed by atoms with van der Waals surface area (Å²) in [4.78, 5) is 26.0. The van der Waals surface area contributed by atoms with Gasteiger partial charge < -0.3 is 20.3 Å². The van der Waals surface area contributed by atoms with E-state index in [1.54, 1.807) is 0 Å². The van der Waals surface area contributed by atoms with Crippen LogP contribution in [0.1, 0.15) is 220 Å². The summed E-state index contributed by atoms with van der Waals surface area (Å²) in [6, 6.07) is -0.710. The normalized spacial score (nSPS) is 13.9. The summed E-state index contributed by atoms with van der Waals surface area (Å²) in [5.41, 5.74) is 0. The fourth-order valence-corrected chi connectivity index (χ4v) is 6.79. The van der Waals surface area contributed by atoms with Crippen LogP contribution < -0.4 is 5.32 Å². The molecule has 0 radical (unpaired) electrons. The van der Waals surface area contributed by atoms with E-state index in [1.165, 1.54) is 77.0 Å². The van der Waals surface area contributed by atoms with Gasteiger partial charge in [0.25, 0.3) is 0 Å². The van der Waals surface area contributed by atoms with Crippen molar-refractivity contribution in [3.05, 3.63) is 60.8 Å². The average molecular weight is 784 g/mol. The van der Waals surface area contributed by atoms with Crippen LogP contribution in [0.5, 0.6) is 0 Å². The Morgan fingerprint density at radius 2 is 0.929 bits per heavy atom. The Hall–Kier alpha value is -2.44. The Morgan fingerprint density at radius 1 is 0.518 bits per heavy atom. The number of allylic oxidation sites excluding steroid dienone is 10. The average Bonchev–Trinajstić information content (AvgIpc) is 3.19. The Balaban J connectivity index is 4.59. The molecule has 0 aromatic carbocycles. The summed E-state index contributed by atoms with van der Waals surface area (Å²) < 4.78 is 5.88. The highest BCUT2D eigenvalue weighted by atomic mass is 16.5. The number of nitrogens with one attached hydrogen (secondary N) is 1. The highest BCUT2D eigenvalue weighted by molar-refractivity contribution is 5.77. The number of ether oxygens (including phenoxy) is 1. The SMILES string of the molecule is CCCCC/C=C\CCCCCC(CC(=O)NC(CO)C(O)CCCCCCCCCCC)OC(=O)CCCCCCC/C=C/C=C/C=C/C=C/CCCCC. The van der Waals surface area contributed by atoms with E-state index in [4.69, 9.17) is 4.74 Å². The van der Waals surface area contributed by atoms with Crippen LogP contribution in [0.4, 0.5) is 0 Å². The van der Waals surface area contributed by atoms with Crippen LogP contribution >= 0.6 is 0 Å². The van der Waals surface area contributed by atoms with Crippen molar-refractivity contribution in [1.29, 1.82) is 0 Å². The molecule has 6 heteroatoms. The van der Waals surface area contributed by atoms with Crippen molar-refractivity contribution in [3.63, 3.8) is 0 Å². The number of aliphatic hydroxyl groups is 2. The zero-order valence-corrected chi connectivity index (χ0v) is 36.8. The van der Waals surface area contributed by atoms with Gasteiger partial charge >= 0.3 is 5.97 Å². The maximum Gasteiger partial charge on any atom is 0.306 e. The van der Waals surface area contributed by atoms with Crippen molar-refractivity contribution in [1.82, 2.24) is 5.32 Å². The van der Waals surface area contributed by atoms with Crippen molar-refractivity contribution in [2.45, 2.75) is 238 Å². The number of esters is 1. The van der Waals surface area contributed by atoms with Gasteiger partial charge in [0.2, 0.25) is 5.91 Å². The lowest BCUT2D eigenvalue weighted by atomic mass is 10.0. The van der Waals surface area contributed by atoms with E-state index < -0.39 is 18.2 Å². The number of hydrogen-bond acceptors (Lipinski definition) is 5. The Kier molecular flexibility index (Phi) is 41.8. The Morgan fingerprint density at radius 3 is 1.48 bits per heavy atom. The predicted octanol–water partition coefficient (Wildman–Crippen LogP) is 13.7. The molecule has 3 atom stereocenters. The molecular formula is C50H89NO5. The summed E-state index contributed by atoms with van der Waals surface area (Å²) in [5, 5.41) is 23.6. The van der Waals surface area contributed by atoms with Crippen LogP contribution in [0, 0.1) is 0 Å². The van der Waals surface area contributed by atoms with Gasteiger partial charge in [0, 0.05) is 6.42 Å². The van der Waals surface area contributed by atoms with Crippen LogP contribution in [0.15, 0.2) is 60.8 Å². The smallest absolute Gasteiger partial charge is 0.306 e. The van der Waals surface area contributed by atoms with Gasteiger partial charge in [0.05, 0.1) is 25.2 Å². The lowest BCUT2D eigenvalue weighted by molar-refractivity contribution is -0.151. The first-order valence-corrected chi connectivity index (χ1v) is 23.6. The van der Waals surface area contributed by atoms with Gasteiger partial charge in [-0.2, -0.15) is 0 Å². The van der Waals surface area contributed by atoms with E-state index in [0.29, 0.717) is 19.3 Å². The number of rotatable bonds is 41.